The predicted octanol–water partition coefficient (Wildman–Crippen LogP) is 3.29. The molecule has 0 radical (unpaired) electrons. The summed E-state index contributed by atoms with van der Waals surface area (Å²) in [6.45, 7) is 0. The molecule has 1 aromatic carbocycles. The van der Waals surface area contributed by atoms with Gasteiger partial charge in [0.1, 0.15) is 0 Å². The monoisotopic (exact) mass is 245 g/mol. The lowest BCUT2D eigenvalue weighted by molar-refractivity contribution is 0.0801. The zero-order valence-electron chi connectivity index (χ0n) is 11.1. The van der Waals surface area contributed by atoms with E-state index in [9.17, 15) is 0 Å². The molecule has 18 heavy (non-hydrogen) atoms. The number of hydrogen-bond acceptors (Lipinski definition) is 2. The van der Waals surface area contributed by atoms with Gasteiger partial charge < -0.3 is 10.1 Å². The van der Waals surface area contributed by atoms with E-state index in [-0.39, 0.29) is 0 Å². The van der Waals surface area contributed by atoms with Crippen LogP contribution in [0.2, 0.25) is 0 Å². The summed E-state index contributed by atoms with van der Waals surface area (Å²) in [5.41, 5.74) is 1.45. The first-order valence-corrected chi connectivity index (χ1v) is 7.22. The Kier molecular flexibility index (Phi) is 3.67. The van der Waals surface area contributed by atoms with E-state index in [2.05, 4.69) is 35.6 Å². The fraction of sp³-hybridized carbons (Fsp3) is 0.625. The van der Waals surface area contributed by atoms with Gasteiger partial charge in [-0.3, -0.25) is 0 Å². The number of rotatable bonds is 5. The maximum atomic E-state index is 5.60. The standard InChI is InChI=1S/C16H23NO/c1-18-15-9-5-8-14(15)17-16(13-10-11-13)12-6-3-2-4-7-12/h2-4,6-7,13-17H,5,8-11H2,1H3. The van der Waals surface area contributed by atoms with Gasteiger partial charge >= 0.3 is 0 Å². The second-order valence-electron chi connectivity index (χ2n) is 5.70. The van der Waals surface area contributed by atoms with Crippen LogP contribution in [-0.4, -0.2) is 19.3 Å². The first-order chi connectivity index (χ1) is 8.88. The number of ether oxygens (including phenoxy) is 1. The molecule has 98 valence electrons. The van der Waals surface area contributed by atoms with Gasteiger partial charge in [-0.05, 0) is 43.6 Å². The highest BCUT2D eigenvalue weighted by molar-refractivity contribution is 5.21. The lowest BCUT2D eigenvalue weighted by Crippen LogP contribution is -2.40. The summed E-state index contributed by atoms with van der Waals surface area (Å²) in [6.07, 6.45) is 6.92. The van der Waals surface area contributed by atoms with Crippen LogP contribution >= 0.6 is 0 Å². The topological polar surface area (TPSA) is 21.3 Å². The van der Waals surface area contributed by atoms with Crippen LogP contribution in [0.5, 0.6) is 0 Å². The van der Waals surface area contributed by atoms with E-state index in [0.29, 0.717) is 18.2 Å². The number of hydrogen-bond donors (Lipinski definition) is 1. The van der Waals surface area contributed by atoms with Crippen LogP contribution in [0.15, 0.2) is 30.3 Å². The molecular weight excluding hydrogens is 222 g/mol. The van der Waals surface area contributed by atoms with E-state index in [0.717, 1.165) is 5.92 Å². The Balaban J connectivity index is 1.71. The summed E-state index contributed by atoms with van der Waals surface area (Å²) in [6, 6.07) is 12.0. The normalized spacial score (nSPS) is 29.4. The Morgan fingerprint density at radius 1 is 1.11 bits per heavy atom. The minimum atomic E-state index is 0.412. The molecule has 2 aliphatic carbocycles. The Morgan fingerprint density at radius 3 is 2.56 bits per heavy atom. The summed E-state index contributed by atoms with van der Waals surface area (Å²) >= 11 is 0. The minimum Gasteiger partial charge on any atom is -0.380 e. The molecular formula is C16H23NO. The predicted molar refractivity (Wildman–Crippen MR) is 73.5 cm³/mol. The first kappa shape index (κ1) is 12.2. The van der Waals surface area contributed by atoms with E-state index >= 15 is 0 Å². The van der Waals surface area contributed by atoms with Crippen LogP contribution in [0.1, 0.15) is 43.7 Å². The van der Waals surface area contributed by atoms with Gasteiger partial charge in [-0.2, -0.15) is 0 Å². The third-order valence-corrected chi connectivity index (χ3v) is 4.40. The molecule has 0 heterocycles. The highest BCUT2D eigenvalue weighted by Crippen LogP contribution is 2.42. The zero-order chi connectivity index (χ0) is 12.4. The van der Waals surface area contributed by atoms with E-state index < -0.39 is 0 Å². The molecule has 2 fully saturated rings. The average Bonchev–Trinajstić information content (AvgIpc) is 3.16. The zero-order valence-corrected chi connectivity index (χ0v) is 11.1. The van der Waals surface area contributed by atoms with Crippen LogP contribution in [0.3, 0.4) is 0 Å². The Hall–Kier alpha value is -0.860. The molecule has 2 heteroatoms. The van der Waals surface area contributed by atoms with Crippen molar-refractivity contribution in [3.05, 3.63) is 35.9 Å². The van der Waals surface area contributed by atoms with E-state index in [1.54, 1.807) is 0 Å². The third kappa shape index (κ3) is 2.60. The van der Waals surface area contributed by atoms with E-state index in [4.69, 9.17) is 4.74 Å². The van der Waals surface area contributed by atoms with Crippen molar-refractivity contribution in [3.8, 4) is 0 Å². The molecule has 0 spiro atoms. The Labute approximate surface area is 110 Å². The van der Waals surface area contributed by atoms with Crippen molar-refractivity contribution in [1.29, 1.82) is 0 Å². The largest absolute Gasteiger partial charge is 0.380 e. The quantitative estimate of drug-likeness (QED) is 0.859. The smallest absolute Gasteiger partial charge is 0.0724 e. The fourth-order valence-corrected chi connectivity index (χ4v) is 3.22. The summed E-state index contributed by atoms with van der Waals surface area (Å²) < 4.78 is 5.60. The van der Waals surface area contributed by atoms with Crippen LogP contribution in [0, 0.1) is 5.92 Å². The van der Waals surface area contributed by atoms with Crippen molar-refractivity contribution < 1.29 is 4.74 Å². The summed E-state index contributed by atoms with van der Waals surface area (Å²) in [5, 5.41) is 3.87. The maximum Gasteiger partial charge on any atom is 0.0724 e. The highest BCUT2D eigenvalue weighted by Gasteiger charge is 2.36. The van der Waals surface area contributed by atoms with Gasteiger partial charge in [0.25, 0.3) is 0 Å². The molecule has 2 saturated carbocycles. The first-order valence-electron chi connectivity index (χ1n) is 7.22. The lowest BCUT2D eigenvalue weighted by Gasteiger charge is -2.27. The Bertz CT molecular complexity index is 374. The van der Waals surface area contributed by atoms with Gasteiger partial charge in [-0.25, -0.2) is 0 Å². The molecule has 0 amide bonds. The minimum absolute atomic E-state index is 0.412. The summed E-state index contributed by atoms with van der Waals surface area (Å²) in [7, 11) is 1.85. The summed E-state index contributed by atoms with van der Waals surface area (Å²) in [4.78, 5) is 0. The van der Waals surface area contributed by atoms with Gasteiger partial charge in [0, 0.05) is 19.2 Å². The molecule has 0 aliphatic heterocycles. The molecule has 1 aromatic rings. The van der Waals surface area contributed by atoms with Crippen LogP contribution < -0.4 is 5.32 Å². The molecule has 2 aliphatic rings. The molecule has 0 aromatic heterocycles. The van der Waals surface area contributed by atoms with Crippen molar-refractivity contribution in [2.24, 2.45) is 5.92 Å². The highest BCUT2D eigenvalue weighted by atomic mass is 16.5. The van der Waals surface area contributed by atoms with E-state index in [1.165, 1.54) is 37.7 Å². The van der Waals surface area contributed by atoms with Gasteiger partial charge in [-0.15, -0.1) is 0 Å². The number of methoxy groups -OCH3 is 1. The van der Waals surface area contributed by atoms with Crippen molar-refractivity contribution in [2.45, 2.75) is 50.3 Å². The van der Waals surface area contributed by atoms with Crippen molar-refractivity contribution >= 4 is 0 Å². The van der Waals surface area contributed by atoms with Gasteiger partial charge in [0.2, 0.25) is 0 Å². The average molecular weight is 245 g/mol. The molecule has 0 saturated heterocycles. The van der Waals surface area contributed by atoms with Gasteiger partial charge in [-0.1, -0.05) is 30.3 Å². The Morgan fingerprint density at radius 2 is 1.89 bits per heavy atom. The SMILES string of the molecule is COC1CCCC1NC(c1ccccc1)C1CC1. The maximum absolute atomic E-state index is 5.60. The molecule has 3 atom stereocenters. The molecule has 0 bridgehead atoms. The van der Waals surface area contributed by atoms with Crippen molar-refractivity contribution in [2.75, 3.05) is 7.11 Å². The molecule has 2 nitrogen and oxygen atoms in total. The van der Waals surface area contributed by atoms with Crippen LogP contribution in [-0.2, 0) is 4.74 Å². The van der Waals surface area contributed by atoms with Gasteiger partial charge in [0.05, 0.1) is 6.10 Å². The van der Waals surface area contributed by atoms with Crippen LogP contribution in [0.4, 0.5) is 0 Å². The van der Waals surface area contributed by atoms with Crippen molar-refractivity contribution in [3.63, 3.8) is 0 Å². The fourth-order valence-electron chi connectivity index (χ4n) is 3.22. The van der Waals surface area contributed by atoms with Gasteiger partial charge in [0.15, 0.2) is 0 Å². The number of nitrogens with one attached hydrogen (secondary N) is 1. The van der Waals surface area contributed by atoms with Crippen LogP contribution in [0.25, 0.3) is 0 Å². The second kappa shape index (κ2) is 5.41. The molecule has 3 unspecified atom stereocenters. The molecule has 1 N–H and O–H groups in total. The second-order valence-corrected chi connectivity index (χ2v) is 5.70. The van der Waals surface area contributed by atoms with E-state index in [1.807, 2.05) is 7.11 Å². The number of benzene rings is 1. The summed E-state index contributed by atoms with van der Waals surface area (Å²) in [5.74, 6) is 0.838. The van der Waals surface area contributed by atoms with Crippen molar-refractivity contribution in [1.82, 2.24) is 5.32 Å². The lowest BCUT2D eigenvalue weighted by atomic mass is 10.0. The molecule has 3 rings (SSSR count). The third-order valence-electron chi connectivity index (χ3n) is 4.40.